The van der Waals surface area contributed by atoms with E-state index in [0.29, 0.717) is 0 Å². The Kier molecular flexibility index (Phi) is 7.30. The number of hydrogen-bond donors (Lipinski definition) is 0. The van der Waals surface area contributed by atoms with Gasteiger partial charge in [0.05, 0.1) is 7.59 Å². The van der Waals surface area contributed by atoms with E-state index in [-0.39, 0.29) is 0 Å². The van der Waals surface area contributed by atoms with Crippen LogP contribution in [0.4, 0.5) is 0 Å². The van der Waals surface area contributed by atoms with Crippen LogP contribution in [0.15, 0.2) is 41.3 Å². The third-order valence-corrected chi connectivity index (χ3v) is 30.2. The number of hydrogen-bond acceptors (Lipinski definition) is 1. The Morgan fingerprint density at radius 3 is 1.00 bits per heavy atom. The molecule has 0 unspecified atom stereocenters. The minimum Gasteiger partial charge on any atom is -0.142 e. The van der Waals surface area contributed by atoms with Gasteiger partial charge in [-0.25, -0.2) is 0 Å². The van der Waals surface area contributed by atoms with Crippen molar-refractivity contribution in [3.05, 3.63) is 86.5 Å². The second-order valence-electron chi connectivity index (χ2n) is 11.3. The molecule has 0 spiro atoms. The molecule has 0 amide bonds. The second-order valence-corrected chi connectivity index (χ2v) is 29.1. The summed E-state index contributed by atoms with van der Waals surface area (Å²) in [5, 5.41) is 3.35. The summed E-state index contributed by atoms with van der Waals surface area (Å²) in [7, 11) is -1.72. The molecule has 33 heavy (non-hydrogen) atoms. The molecule has 0 aromatic heterocycles. The minimum atomic E-state index is -2.24. The SMILES string of the molecule is Cc1cc(C)c(S[Si](c2c(C)cc(C)cc2C)(c2c(C)cc(C)cc2C)[Si](C)(C)C)c(C)c1. The highest BCUT2D eigenvalue weighted by Crippen LogP contribution is 2.41. The van der Waals surface area contributed by atoms with Crippen LogP contribution in [0.5, 0.6) is 0 Å². The molecule has 3 aromatic carbocycles. The molecule has 0 fully saturated rings. The fraction of sp³-hybridized carbons (Fsp3) is 0.400. The van der Waals surface area contributed by atoms with E-state index in [1.54, 1.807) is 10.4 Å². The average Bonchev–Trinajstić information content (AvgIpc) is 2.61. The van der Waals surface area contributed by atoms with Crippen LogP contribution in [-0.2, 0) is 0 Å². The first-order valence-corrected chi connectivity index (χ1v) is 20.2. The van der Waals surface area contributed by atoms with E-state index >= 15 is 0 Å². The van der Waals surface area contributed by atoms with Gasteiger partial charge in [-0.2, -0.15) is 0 Å². The number of aryl methyl sites for hydroxylation is 9. The third kappa shape index (κ3) is 4.69. The van der Waals surface area contributed by atoms with Crippen molar-refractivity contribution >= 4 is 35.9 Å². The summed E-state index contributed by atoms with van der Waals surface area (Å²) in [6.45, 7) is 26.4. The van der Waals surface area contributed by atoms with Crippen molar-refractivity contribution in [3.63, 3.8) is 0 Å². The van der Waals surface area contributed by atoms with Gasteiger partial charge in [-0.05, 0) is 83.8 Å². The van der Waals surface area contributed by atoms with Gasteiger partial charge in [0.25, 0.3) is 0 Å². The first-order chi connectivity index (χ1) is 15.2. The van der Waals surface area contributed by atoms with Crippen LogP contribution in [0.1, 0.15) is 50.1 Å². The van der Waals surface area contributed by atoms with E-state index in [2.05, 4.69) is 130 Å². The first kappa shape index (κ1) is 26.1. The van der Waals surface area contributed by atoms with Crippen molar-refractivity contribution in [1.82, 2.24) is 0 Å². The quantitative estimate of drug-likeness (QED) is 0.330. The molecule has 0 bridgehead atoms. The van der Waals surface area contributed by atoms with Gasteiger partial charge >= 0.3 is 0 Å². The van der Waals surface area contributed by atoms with E-state index in [0.717, 1.165) is 0 Å². The summed E-state index contributed by atoms with van der Waals surface area (Å²) >= 11 is 2.28. The molecule has 0 saturated carbocycles. The first-order valence-electron chi connectivity index (χ1n) is 12.1. The van der Waals surface area contributed by atoms with Crippen molar-refractivity contribution in [2.45, 2.75) is 86.9 Å². The molecule has 0 heterocycles. The van der Waals surface area contributed by atoms with E-state index in [1.807, 2.05) is 0 Å². The fourth-order valence-corrected chi connectivity index (χ4v) is 27.5. The van der Waals surface area contributed by atoms with E-state index < -0.39 is 14.3 Å². The highest BCUT2D eigenvalue weighted by molar-refractivity contribution is 8.38. The lowest BCUT2D eigenvalue weighted by atomic mass is 10.1. The average molecular weight is 491 g/mol. The fourth-order valence-electron chi connectivity index (χ4n) is 6.08. The van der Waals surface area contributed by atoms with Crippen LogP contribution in [0, 0.1) is 62.3 Å². The molecule has 0 aliphatic heterocycles. The molecular formula is C30H42SSi2. The zero-order chi connectivity index (χ0) is 24.9. The van der Waals surface area contributed by atoms with Crippen molar-refractivity contribution in [2.75, 3.05) is 0 Å². The Hall–Kier alpha value is -1.56. The van der Waals surface area contributed by atoms with E-state index in [9.17, 15) is 0 Å². The lowest BCUT2D eigenvalue weighted by Gasteiger charge is -2.46. The monoisotopic (exact) mass is 490 g/mol. The van der Waals surface area contributed by atoms with Crippen LogP contribution in [-0.4, -0.2) is 14.3 Å². The summed E-state index contributed by atoms with van der Waals surface area (Å²) in [5.74, 6) is 0. The highest BCUT2D eigenvalue weighted by atomic mass is 32.4. The van der Waals surface area contributed by atoms with Crippen molar-refractivity contribution < 1.29 is 0 Å². The van der Waals surface area contributed by atoms with Gasteiger partial charge in [0.15, 0.2) is 6.74 Å². The van der Waals surface area contributed by atoms with Gasteiger partial charge in [-0.1, -0.05) is 95.0 Å². The maximum atomic E-state index is 2.63. The number of benzene rings is 3. The van der Waals surface area contributed by atoms with Gasteiger partial charge in [0, 0.05) is 4.90 Å². The van der Waals surface area contributed by atoms with Crippen LogP contribution < -0.4 is 10.4 Å². The zero-order valence-corrected chi connectivity index (χ0v) is 25.7. The molecule has 0 N–H and O–H groups in total. The van der Waals surface area contributed by atoms with Gasteiger partial charge in [-0.15, -0.1) is 11.2 Å². The van der Waals surface area contributed by atoms with Gasteiger partial charge in [0.2, 0.25) is 0 Å². The summed E-state index contributed by atoms with van der Waals surface area (Å²) in [4.78, 5) is 1.51. The molecule has 0 aliphatic carbocycles. The molecule has 176 valence electrons. The molecule has 3 rings (SSSR count). The highest BCUT2D eigenvalue weighted by Gasteiger charge is 2.53. The summed E-state index contributed by atoms with van der Waals surface area (Å²) in [6.07, 6.45) is 0. The van der Waals surface area contributed by atoms with Crippen LogP contribution in [0.2, 0.25) is 19.6 Å². The number of rotatable bonds is 5. The zero-order valence-electron chi connectivity index (χ0n) is 22.9. The van der Waals surface area contributed by atoms with Crippen LogP contribution in [0.3, 0.4) is 0 Å². The van der Waals surface area contributed by atoms with E-state index in [4.69, 9.17) is 0 Å². The molecule has 0 nitrogen and oxygen atoms in total. The largest absolute Gasteiger partial charge is 0.174 e. The predicted molar refractivity (Wildman–Crippen MR) is 156 cm³/mol. The standard InChI is InChI=1S/C30H42SSi2/c1-19-13-22(4)28(23(5)14-19)31-33(32(10,11)12,29-24(6)15-20(2)16-25(29)7)30-26(8)17-21(3)18-27(30)9/h13-18H,1-12H3. The predicted octanol–water partition coefficient (Wildman–Crippen LogP) is 7.73. The Labute approximate surface area is 208 Å². The second kappa shape index (κ2) is 9.24. The Morgan fingerprint density at radius 1 is 0.455 bits per heavy atom. The Morgan fingerprint density at radius 2 is 0.727 bits per heavy atom. The molecule has 0 aliphatic rings. The van der Waals surface area contributed by atoms with Gasteiger partial charge < -0.3 is 0 Å². The van der Waals surface area contributed by atoms with Gasteiger partial charge in [0.1, 0.15) is 0 Å². The Bertz CT molecular complexity index is 1090. The lowest BCUT2D eigenvalue weighted by molar-refractivity contribution is 1.19. The van der Waals surface area contributed by atoms with Crippen LogP contribution >= 0.6 is 11.2 Å². The molecular weight excluding hydrogens is 449 g/mol. The molecule has 3 aromatic rings. The molecule has 3 heteroatoms. The van der Waals surface area contributed by atoms with Crippen molar-refractivity contribution in [2.24, 2.45) is 0 Å². The maximum Gasteiger partial charge on any atom is 0.174 e. The third-order valence-electron chi connectivity index (χ3n) is 6.97. The molecule has 0 atom stereocenters. The van der Waals surface area contributed by atoms with Gasteiger partial charge in [-0.3, -0.25) is 0 Å². The molecule has 0 radical (unpaired) electrons. The normalized spacial score (nSPS) is 12.4. The Balaban J connectivity index is 2.55. The van der Waals surface area contributed by atoms with Crippen molar-refractivity contribution in [1.29, 1.82) is 0 Å². The van der Waals surface area contributed by atoms with E-state index in [1.165, 1.54) is 55.0 Å². The lowest BCUT2D eigenvalue weighted by Crippen LogP contribution is -2.73. The topological polar surface area (TPSA) is 0 Å². The smallest absolute Gasteiger partial charge is 0.142 e. The van der Waals surface area contributed by atoms with Crippen LogP contribution in [0.25, 0.3) is 0 Å². The summed E-state index contributed by atoms with van der Waals surface area (Å²) in [5.41, 5.74) is 12.9. The molecule has 0 saturated heterocycles. The van der Waals surface area contributed by atoms with Crippen molar-refractivity contribution in [3.8, 4) is 0 Å². The minimum absolute atomic E-state index is 1.36. The maximum absolute atomic E-state index is 2.63. The summed E-state index contributed by atoms with van der Waals surface area (Å²) < 4.78 is 0. The summed E-state index contributed by atoms with van der Waals surface area (Å²) in [6, 6.07) is 14.5.